The van der Waals surface area contributed by atoms with Gasteiger partial charge in [0, 0.05) is 19.0 Å². The molecule has 0 aliphatic heterocycles. The molecular weight excluding hydrogens is 312 g/mol. The monoisotopic (exact) mass is 336 g/mol. The highest BCUT2D eigenvalue weighted by atomic mass is 32.2. The summed E-state index contributed by atoms with van der Waals surface area (Å²) in [5, 5.41) is 2.88. The van der Waals surface area contributed by atoms with Gasteiger partial charge in [-0.15, -0.1) is 0 Å². The predicted octanol–water partition coefficient (Wildman–Crippen LogP) is 1.83. The highest BCUT2D eigenvalue weighted by molar-refractivity contribution is 7.89. The third-order valence-corrected chi connectivity index (χ3v) is 6.60. The number of carbonyl (C=O) groups is 1. The van der Waals surface area contributed by atoms with Crippen LogP contribution in [0.5, 0.6) is 0 Å². The van der Waals surface area contributed by atoms with Crippen LogP contribution in [0.3, 0.4) is 0 Å². The van der Waals surface area contributed by atoms with E-state index in [-0.39, 0.29) is 23.3 Å². The van der Waals surface area contributed by atoms with Gasteiger partial charge in [-0.1, -0.05) is 24.1 Å². The first-order valence-corrected chi connectivity index (χ1v) is 9.78. The molecule has 1 amide bonds. The zero-order valence-electron chi connectivity index (χ0n) is 13.4. The van der Waals surface area contributed by atoms with Crippen LogP contribution in [-0.4, -0.2) is 27.4 Å². The maximum atomic E-state index is 12.2. The fraction of sp³-hybridized carbons (Fsp3) is 0.588. The molecule has 2 aliphatic carbocycles. The van der Waals surface area contributed by atoms with Crippen LogP contribution in [0.25, 0.3) is 0 Å². The van der Waals surface area contributed by atoms with Gasteiger partial charge in [-0.25, -0.2) is 13.1 Å². The Morgan fingerprint density at radius 1 is 1.13 bits per heavy atom. The molecule has 5 nitrogen and oxygen atoms in total. The molecular formula is C17H24N2O3S. The van der Waals surface area contributed by atoms with Gasteiger partial charge in [0.25, 0.3) is 0 Å². The topological polar surface area (TPSA) is 75.3 Å². The minimum absolute atomic E-state index is 0.0896. The van der Waals surface area contributed by atoms with Gasteiger partial charge in [0.15, 0.2) is 0 Å². The summed E-state index contributed by atoms with van der Waals surface area (Å²) in [5.74, 6) is 1.51. The van der Waals surface area contributed by atoms with Gasteiger partial charge in [0.2, 0.25) is 15.9 Å². The first kappa shape index (κ1) is 16.5. The zero-order valence-corrected chi connectivity index (χ0v) is 14.2. The van der Waals surface area contributed by atoms with Crippen LogP contribution in [-0.2, 0) is 14.8 Å². The van der Waals surface area contributed by atoms with Crippen LogP contribution in [0, 0.1) is 24.7 Å². The molecule has 0 saturated heterocycles. The van der Waals surface area contributed by atoms with Crippen molar-refractivity contribution < 1.29 is 13.2 Å². The normalized spacial score (nSPS) is 26.4. The van der Waals surface area contributed by atoms with E-state index in [0.29, 0.717) is 12.5 Å². The molecule has 1 aromatic rings. The number of hydrogen-bond acceptors (Lipinski definition) is 3. The quantitative estimate of drug-likeness (QED) is 0.778. The average molecular weight is 336 g/mol. The Balaban J connectivity index is 1.44. The summed E-state index contributed by atoms with van der Waals surface area (Å²) in [6, 6.07) is 6.72. The predicted molar refractivity (Wildman–Crippen MR) is 88.3 cm³/mol. The summed E-state index contributed by atoms with van der Waals surface area (Å²) in [6.45, 7) is 2.45. The molecule has 126 valence electrons. The number of hydrogen-bond donors (Lipinski definition) is 2. The molecule has 2 saturated carbocycles. The van der Waals surface area contributed by atoms with Crippen molar-refractivity contribution >= 4 is 15.9 Å². The summed E-state index contributed by atoms with van der Waals surface area (Å²) in [6.07, 6.45) is 4.64. The molecule has 2 N–H and O–H groups in total. The lowest BCUT2D eigenvalue weighted by molar-refractivity contribution is -0.126. The molecule has 0 heterocycles. The van der Waals surface area contributed by atoms with Gasteiger partial charge >= 0.3 is 0 Å². The lowest BCUT2D eigenvalue weighted by Crippen LogP contribution is -2.39. The van der Waals surface area contributed by atoms with Crippen molar-refractivity contribution in [2.75, 3.05) is 13.1 Å². The Morgan fingerprint density at radius 2 is 1.87 bits per heavy atom. The van der Waals surface area contributed by atoms with Gasteiger partial charge in [0.05, 0.1) is 4.90 Å². The molecule has 0 radical (unpaired) electrons. The van der Waals surface area contributed by atoms with E-state index in [4.69, 9.17) is 0 Å². The minimum atomic E-state index is -3.50. The van der Waals surface area contributed by atoms with Crippen molar-refractivity contribution in [3.05, 3.63) is 29.8 Å². The summed E-state index contributed by atoms with van der Waals surface area (Å²) in [7, 11) is -3.50. The van der Waals surface area contributed by atoms with Crippen molar-refractivity contribution in [2.24, 2.45) is 17.8 Å². The molecule has 3 atom stereocenters. The molecule has 0 aromatic heterocycles. The van der Waals surface area contributed by atoms with Gasteiger partial charge in [0.1, 0.15) is 0 Å². The summed E-state index contributed by atoms with van der Waals surface area (Å²) >= 11 is 0. The van der Waals surface area contributed by atoms with E-state index in [1.165, 1.54) is 19.3 Å². The molecule has 1 aromatic carbocycles. The van der Waals surface area contributed by atoms with Crippen LogP contribution in [0.1, 0.15) is 31.2 Å². The van der Waals surface area contributed by atoms with E-state index in [2.05, 4.69) is 10.0 Å². The molecule has 2 fully saturated rings. The SMILES string of the molecule is Cc1ccc(S(=O)(=O)NCCNC(=O)C2CC3CCC2C3)cc1. The number of amides is 1. The smallest absolute Gasteiger partial charge is 0.240 e. The second-order valence-corrected chi connectivity index (χ2v) is 8.55. The number of aryl methyl sites for hydroxylation is 1. The molecule has 6 heteroatoms. The van der Waals surface area contributed by atoms with E-state index >= 15 is 0 Å². The summed E-state index contributed by atoms with van der Waals surface area (Å²) in [5.41, 5.74) is 1.02. The Labute approximate surface area is 137 Å². The lowest BCUT2D eigenvalue weighted by Gasteiger charge is -2.20. The summed E-state index contributed by atoms with van der Waals surface area (Å²) in [4.78, 5) is 12.4. The van der Waals surface area contributed by atoms with Crippen molar-refractivity contribution in [1.29, 1.82) is 0 Å². The first-order valence-electron chi connectivity index (χ1n) is 8.30. The van der Waals surface area contributed by atoms with Crippen LogP contribution in [0.4, 0.5) is 0 Å². The van der Waals surface area contributed by atoms with Gasteiger partial charge in [-0.2, -0.15) is 0 Å². The number of nitrogens with one attached hydrogen (secondary N) is 2. The maximum Gasteiger partial charge on any atom is 0.240 e. The van der Waals surface area contributed by atoms with E-state index in [9.17, 15) is 13.2 Å². The van der Waals surface area contributed by atoms with Gasteiger partial charge in [-0.3, -0.25) is 4.79 Å². The maximum absolute atomic E-state index is 12.2. The van der Waals surface area contributed by atoms with Crippen LogP contribution >= 0.6 is 0 Å². The molecule has 3 unspecified atom stereocenters. The van der Waals surface area contributed by atoms with Gasteiger partial charge < -0.3 is 5.32 Å². The van der Waals surface area contributed by atoms with Gasteiger partial charge in [-0.05, 0) is 50.2 Å². The highest BCUT2D eigenvalue weighted by Gasteiger charge is 2.42. The second-order valence-electron chi connectivity index (χ2n) is 6.78. The number of rotatable bonds is 6. The largest absolute Gasteiger partial charge is 0.355 e. The number of sulfonamides is 1. The highest BCUT2D eigenvalue weighted by Crippen LogP contribution is 2.48. The van der Waals surface area contributed by atoms with Crippen molar-refractivity contribution in [3.8, 4) is 0 Å². The molecule has 23 heavy (non-hydrogen) atoms. The number of fused-ring (bicyclic) bond motifs is 2. The average Bonchev–Trinajstić information content (AvgIpc) is 3.15. The van der Waals surface area contributed by atoms with E-state index in [1.54, 1.807) is 24.3 Å². The number of benzene rings is 1. The van der Waals surface area contributed by atoms with Crippen molar-refractivity contribution in [2.45, 2.75) is 37.5 Å². The Morgan fingerprint density at radius 3 is 2.48 bits per heavy atom. The van der Waals surface area contributed by atoms with Crippen LogP contribution < -0.4 is 10.0 Å². The third-order valence-electron chi connectivity index (χ3n) is 5.12. The van der Waals surface area contributed by atoms with Crippen LogP contribution in [0.15, 0.2) is 29.2 Å². The fourth-order valence-corrected chi connectivity index (χ4v) is 4.90. The molecule has 0 spiro atoms. The molecule has 2 bridgehead atoms. The zero-order chi connectivity index (χ0) is 16.4. The van der Waals surface area contributed by atoms with Crippen molar-refractivity contribution in [1.82, 2.24) is 10.0 Å². The molecule has 3 rings (SSSR count). The minimum Gasteiger partial charge on any atom is -0.355 e. The van der Waals surface area contributed by atoms with Crippen LogP contribution in [0.2, 0.25) is 0 Å². The van der Waals surface area contributed by atoms with Crippen molar-refractivity contribution in [3.63, 3.8) is 0 Å². The number of carbonyl (C=O) groups excluding carboxylic acids is 1. The Kier molecular flexibility index (Phi) is 4.73. The van der Waals surface area contributed by atoms with E-state index in [1.807, 2.05) is 6.92 Å². The van der Waals surface area contributed by atoms with E-state index in [0.717, 1.165) is 17.9 Å². The fourth-order valence-electron chi connectivity index (χ4n) is 3.87. The lowest BCUT2D eigenvalue weighted by atomic mass is 9.88. The Hall–Kier alpha value is -1.40. The van der Waals surface area contributed by atoms with E-state index < -0.39 is 10.0 Å². The Bertz CT molecular complexity index is 670. The molecule has 2 aliphatic rings. The third kappa shape index (κ3) is 3.75. The first-order chi connectivity index (χ1) is 11.0. The second kappa shape index (κ2) is 6.61. The summed E-state index contributed by atoms with van der Waals surface area (Å²) < 4.78 is 26.8. The standard InChI is InChI=1S/C17H24N2O3S/c1-12-2-6-15(7-3-12)23(21,22)19-9-8-18-17(20)16-11-13-4-5-14(16)10-13/h2-3,6-7,13-14,16,19H,4-5,8-11H2,1H3,(H,18,20).